The van der Waals surface area contributed by atoms with E-state index in [-0.39, 0.29) is 17.0 Å². The summed E-state index contributed by atoms with van der Waals surface area (Å²) in [4.78, 5) is 0. The summed E-state index contributed by atoms with van der Waals surface area (Å²) in [5.74, 6) is -0.790. The average molecular weight is 354 g/mol. The Hall–Kier alpha value is -2.49. The SMILES string of the molecule is C[C@@H](c1cc(Cc2ccccc2)n(-c2cc(F)ccc2F)n1)C(C)(C)C. The van der Waals surface area contributed by atoms with Crippen LogP contribution in [0.15, 0.2) is 54.6 Å². The smallest absolute Gasteiger partial charge is 0.149 e. The third kappa shape index (κ3) is 3.85. The predicted octanol–water partition coefficient (Wildman–Crippen LogP) is 5.89. The zero-order valence-corrected chi connectivity index (χ0v) is 15.6. The Labute approximate surface area is 153 Å². The second kappa shape index (κ2) is 7.02. The maximum absolute atomic E-state index is 14.4. The molecular weight excluding hydrogens is 330 g/mol. The van der Waals surface area contributed by atoms with E-state index in [1.54, 1.807) is 4.68 Å². The molecule has 0 fully saturated rings. The standard InChI is InChI=1S/C22H24F2N2/c1-15(22(2,3)4)20-14-18(12-16-8-6-5-7-9-16)26(25-20)21-13-17(23)10-11-19(21)24/h5-11,13-15H,12H2,1-4H3/t15-/m0/s1. The molecule has 0 saturated heterocycles. The maximum Gasteiger partial charge on any atom is 0.149 e. The molecule has 2 nitrogen and oxygen atoms in total. The molecule has 3 rings (SSSR count). The summed E-state index contributed by atoms with van der Waals surface area (Å²) in [5, 5.41) is 4.65. The summed E-state index contributed by atoms with van der Waals surface area (Å²) in [5.41, 5.74) is 2.98. The monoisotopic (exact) mass is 354 g/mol. The van der Waals surface area contributed by atoms with Crippen LogP contribution >= 0.6 is 0 Å². The Bertz CT molecular complexity index is 892. The first-order valence-electron chi connectivity index (χ1n) is 8.84. The Morgan fingerprint density at radius 3 is 2.35 bits per heavy atom. The van der Waals surface area contributed by atoms with Crippen LogP contribution in [-0.2, 0) is 6.42 Å². The van der Waals surface area contributed by atoms with E-state index in [9.17, 15) is 8.78 Å². The molecule has 0 spiro atoms. The van der Waals surface area contributed by atoms with E-state index < -0.39 is 11.6 Å². The normalized spacial score (nSPS) is 13.0. The largest absolute Gasteiger partial charge is 0.234 e. The highest BCUT2D eigenvalue weighted by molar-refractivity contribution is 5.38. The van der Waals surface area contributed by atoms with Gasteiger partial charge in [-0.3, -0.25) is 0 Å². The molecule has 4 heteroatoms. The molecule has 0 radical (unpaired) electrons. The number of hydrogen-bond donors (Lipinski definition) is 0. The Balaban J connectivity index is 2.11. The second-order valence-electron chi connectivity index (χ2n) is 7.82. The van der Waals surface area contributed by atoms with E-state index in [1.165, 1.54) is 6.07 Å². The van der Waals surface area contributed by atoms with Crippen molar-refractivity contribution in [1.29, 1.82) is 0 Å². The van der Waals surface area contributed by atoms with Crippen molar-refractivity contribution >= 4 is 0 Å². The molecule has 0 unspecified atom stereocenters. The van der Waals surface area contributed by atoms with E-state index >= 15 is 0 Å². The maximum atomic E-state index is 14.4. The van der Waals surface area contributed by atoms with E-state index in [4.69, 9.17) is 0 Å². The summed E-state index contributed by atoms with van der Waals surface area (Å²) < 4.78 is 29.7. The first-order valence-corrected chi connectivity index (χ1v) is 8.84. The zero-order chi connectivity index (χ0) is 18.9. The van der Waals surface area contributed by atoms with Crippen molar-refractivity contribution in [1.82, 2.24) is 9.78 Å². The molecule has 0 N–H and O–H groups in total. The summed E-state index contributed by atoms with van der Waals surface area (Å²) in [7, 11) is 0. The van der Waals surface area contributed by atoms with Gasteiger partial charge in [0.2, 0.25) is 0 Å². The van der Waals surface area contributed by atoms with Crippen LogP contribution in [-0.4, -0.2) is 9.78 Å². The lowest BCUT2D eigenvalue weighted by Crippen LogP contribution is -2.16. The highest BCUT2D eigenvalue weighted by Gasteiger charge is 2.26. The lowest BCUT2D eigenvalue weighted by molar-refractivity contribution is 0.333. The van der Waals surface area contributed by atoms with Crippen LogP contribution in [0.25, 0.3) is 5.69 Å². The highest BCUT2D eigenvalue weighted by Crippen LogP contribution is 2.35. The van der Waals surface area contributed by atoms with Gasteiger partial charge in [-0.15, -0.1) is 0 Å². The van der Waals surface area contributed by atoms with Crippen LogP contribution in [0.1, 0.15) is 50.6 Å². The van der Waals surface area contributed by atoms with Crippen LogP contribution in [0, 0.1) is 17.0 Å². The van der Waals surface area contributed by atoms with Gasteiger partial charge in [-0.2, -0.15) is 5.10 Å². The average Bonchev–Trinajstić information content (AvgIpc) is 3.00. The van der Waals surface area contributed by atoms with Gasteiger partial charge in [0.25, 0.3) is 0 Å². The Morgan fingerprint density at radius 2 is 1.69 bits per heavy atom. The van der Waals surface area contributed by atoms with Gasteiger partial charge in [-0.05, 0) is 29.2 Å². The summed E-state index contributed by atoms with van der Waals surface area (Å²) in [6.45, 7) is 8.56. The van der Waals surface area contributed by atoms with Gasteiger partial charge in [0.05, 0.1) is 5.69 Å². The fourth-order valence-corrected chi connectivity index (χ4v) is 2.88. The summed E-state index contributed by atoms with van der Waals surface area (Å²) >= 11 is 0. The first kappa shape index (κ1) is 18.3. The molecule has 3 aromatic rings. The van der Waals surface area contributed by atoms with Gasteiger partial charge in [-0.1, -0.05) is 58.0 Å². The molecule has 1 atom stereocenters. The van der Waals surface area contributed by atoms with Crippen LogP contribution < -0.4 is 0 Å². The van der Waals surface area contributed by atoms with E-state index in [0.717, 1.165) is 29.1 Å². The molecule has 2 aromatic carbocycles. The fraction of sp³-hybridized carbons (Fsp3) is 0.318. The van der Waals surface area contributed by atoms with E-state index in [2.05, 4.69) is 32.8 Å². The summed E-state index contributed by atoms with van der Waals surface area (Å²) in [6, 6.07) is 15.4. The molecule has 1 heterocycles. The van der Waals surface area contributed by atoms with Gasteiger partial charge in [0.15, 0.2) is 0 Å². The zero-order valence-electron chi connectivity index (χ0n) is 15.6. The minimum absolute atomic E-state index is 0.0175. The lowest BCUT2D eigenvalue weighted by Gasteiger charge is -2.25. The molecule has 1 aromatic heterocycles. The van der Waals surface area contributed by atoms with Crippen LogP contribution in [0.5, 0.6) is 0 Å². The minimum atomic E-state index is -0.487. The first-order chi connectivity index (χ1) is 12.3. The third-order valence-corrected chi connectivity index (χ3v) is 4.91. The van der Waals surface area contributed by atoms with Crippen molar-refractivity contribution in [2.45, 2.75) is 40.0 Å². The lowest BCUT2D eigenvalue weighted by atomic mass is 9.80. The number of rotatable bonds is 4. The number of aromatic nitrogens is 2. The highest BCUT2D eigenvalue weighted by atomic mass is 19.1. The second-order valence-corrected chi connectivity index (χ2v) is 7.82. The van der Waals surface area contributed by atoms with E-state index in [0.29, 0.717) is 6.42 Å². The number of hydrogen-bond acceptors (Lipinski definition) is 1. The minimum Gasteiger partial charge on any atom is -0.234 e. The third-order valence-electron chi connectivity index (χ3n) is 4.91. The molecule has 0 bridgehead atoms. The van der Waals surface area contributed by atoms with Gasteiger partial charge in [0.1, 0.15) is 17.3 Å². The quantitative estimate of drug-likeness (QED) is 0.571. The molecule has 136 valence electrons. The molecule has 0 saturated carbocycles. The van der Waals surface area contributed by atoms with Gasteiger partial charge in [0, 0.05) is 24.1 Å². The van der Waals surface area contributed by atoms with Gasteiger partial charge in [-0.25, -0.2) is 13.5 Å². The Kier molecular flexibility index (Phi) is 4.94. The number of nitrogens with zero attached hydrogens (tertiary/aromatic N) is 2. The van der Waals surface area contributed by atoms with Gasteiger partial charge >= 0.3 is 0 Å². The number of halogens is 2. The topological polar surface area (TPSA) is 17.8 Å². The predicted molar refractivity (Wildman–Crippen MR) is 101 cm³/mol. The summed E-state index contributed by atoms with van der Waals surface area (Å²) in [6.07, 6.45) is 0.598. The van der Waals surface area contributed by atoms with Crippen molar-refractivity contribution in [2.24, 2.45) is 5.41 Å². The molecule has 0 aliphatic heterocycles. The van der Waals surface area contributed by atoms with Crippen molar-refractivity contribution in [3.05, 3.63) is 83.2 Å². The Morgan fingerprint density at radius 1 is 1.00 bits per heavy atom. The number of benzene rings is 2. The van der Waals surface area contributed by atoms with Crippen LogP contribution in [0.3, 0.4) is 0 Å². The molecule has 26 heavy (non-hydrogen) atoms. The molecular formula is C22H24F2N2. The fourth-order valence-electron chi connectivity index (χ4n) is 2.88. The van der Waals surface area contributed by atoms with E-state index in [1.807, 2.05) is 36.4 Å². The van der Waals surface area contributed by atoms with Gasteiger partial charge < -0.3 is 0 Å². The molecule has 0 amide bonds. The van der Waals surface area contributed by atoms with Crippen LogP contribution in [0.2, 0.25) is 0 Å². The van der Waals surface area contributed by atoms with Crippen molar-refractivity contribution in [2.75, 3.05) is 0 Å². The molecule has 0 aliphatic carbocycles. The van der Waals surface area contributed by atoms with Crippen molar-refractivity contribution < 1.29 is 8.78 Å². The molecule has 0 aliphatic rings. The van der Waals surface area contributed by atoms with Crippen LogP contribution in [0.4, 0.5) is 8.78 Å². The van der Waals surface area contributed by atoms with Crippen molar-refractivity contribution in [3.8, 4) is 5.69 Å². The van der Waals surface area contributed by atoms with Crippen molar-refractivity contribution in [3.63, 3.8) is 0 Å².